The molecule has 2 N–H and O–H groups in total. The van der Waals surface area contributed by atoms with E-state index in [0.29, 0.717) is 18.5 Å². The molecule has 0 spiro atoms. The van der Waals surface area contributed by atoms with Gasteiger partial charge < -0.3 is 5.73 Å². The number of hydrogen-bond acceptors (Lipinski definition) is 1. The maximum atomic E-state index is 12.6. The van der Waals surface area contributed by atoms with E-state index in [2.05, 4.69) is 0 Å². The summed E-state index contributed by atoms with van der Waals surface area (Å²) in [6, 6.07) is 3.71. The van der Waals surface area contributed by atoms with Crippen molar-refractivity contribution < 1.29 is 13.2 Å². The summed E-state index contributed by atoms with van der Waals surface area (Å²) < 4.78 is 37.8. The molecule has 0 atom stereocenters. The zero-order valence-corrected chi connectivity index (χ0v) is 9.91. The van der Waals surface area contributed by atoms with Crippen molar-refractivity contribution in [3.63, 3.8) is 0 Å². The second-order valence-electron chi connectivity index (χ2n) is 4.73. The molecule has 94 valence electrons. The second-order valence-corrected chi connectivity index (χ2v) is 5.16. The van der Waals surface area contributed by atoms with E-state index in [9.17, 15) is 13.2 Å². The minimum Gasteiger partial charge on any atom is -0.330 e. The molecular weight excluding hydrogens is 251 g/mol. The van der Waals surface area contributed by atoms with Gasteiger partial charge in [-0.25, -0.2) is 0 Å². The molecule has 0 radical (unpaired) electrons. The van der Waals surface area contributed by atoms with Gasteiger partial charge in [-0.3, -0.25) is 0 Å². The number of hydrogen-bond donors (Lipinski definition) is 1. The monoisotopic (exact) mass is 263 g/mol. The maximum Gasteiger partial charge on any atom is 0.416 e. The van der Waals surface area contributed by atoms with Gasteiger partial charge in [0.05, 0.1) is 5.56 Å². The summed E-state index contributed by atoms with van der Waals surface area (Å²) in [4.78, 5) is 0. The van der Waals surface area contributed by atoms with E-state index in [1.54, 1.807) is 6.07 Å². The van der Waals surface area contributed by atoms with E-state index in [0.717, 1.165) is 18.9 Å². The highest BCUT2D eigenvalue weighted by Gasteiger charge is 2.41. The third-order valence-electron chi connectivity index (χ3n) is 3.25. The number of halogens is 4. The van der Waals surface area contributed by atoms with E-state index in [1.165, 1.54) is 6.07 Å². The molecule has 17 heavy (non-hydrogen) atoms. The molecule has 0 saturated heterocycles. The molecule has 5 heteroatoms. The Morgan fingerprint density at radius 1 is 1.24 bits per heavy atom. The van der Waals surface area contributed by atoms with Crippen molar-refractivity contribution in [3.05, 3.63) is 34.3 Å². The maximum absolute atomic E-state index is 12.6. The van der Waals surface area contributed by atoms with E-state index >= 15 is 0 Å². The van der Waals surface area contributed by atoms with Crippen molar-refractivity contribution in [2.24, 2.45) is 11.1 Å². The second kappa shape index (κ2) is 4.18. The molecule has 1 aromatic carbocycles. The predicted octanol–water partition coefficient (Wildman–Crippen LogP) is 3.64. The van der Waals surface area contributed by atoms with Crippen molar-refractivity contribution in [1.29, 1.82) is 0 Å². The first kappa shape index (κ1) is 12.7. The summed E-state index contributed by atoms with van der Waals surface area (Å²) in [7, 11) is 0. The first-order valence-corrected chi connectivity index (χ1v) is 5.79. The number of benzene rings is 1. The fraction of sp³-hybridized carbons (Fsp3) is 0.500. The lowest BCUT2D eigenvalue weighted by Gasteiger charge is -2.14. The SMILES string of the molecule is NCC1(Cc2cc(Cl)cc(C(F)(F)F)c2)CC1. The molecular formula is C12H13ClF3N. The minimum absolute atomic E-state index is 0.00749. The Bertz CT molecular complexity index is 424. The van der Waals surface area contributed by atoms with Gasteiger partial charge in [0.2, 0.25) is 0 Å². The highest BCUT2D eigenvalue weighted by atomic mass is 35.5. The van der Waals surface area contributed by atoms with Crippen LogP contribution in [-0.4, -0.2) is 6.54 Å². The lowest BCUT2D eigenvalue weighted by atomic mass is 9.95. The van der Waals surface area contributed by atoms with Gasteiger partial charge >= 0.3 is 6.18 Å². The van der Waals surface area contributed by atoms with Crippen LogP contribution in [0.1, 0.15) is 24.0 Å². The molecule has 0 amide bonds. The normalized spacial score (nSPS) is 18.2. The fourth-order valence-electron chi connectivity index (χ4n) is 1.98. The van der Waals surface area contributed by atoms with Crippen LogP contribution in [0, 0.1) is 5.41 Å². The van der Waals surface area contributed by atoms with Crippen molar-refractivity contribution in [2.45, 2.75) is 25.4 Å². The van der Waals surface area contributed by atoms with Gasteiger partial charge in [-0.05, 0) is 55.0 Å². The highest BCUT2D eigenvalue weighted by molar-refractivity contribution is 6.30. The largest absolute Gasteiger partial charge is 0.416 e. The Hall–Kier alpha value is -0.740. The summed E-state index contributed by atoms with van der Waals surface area (Å²) in [5.74, 6) is 0. The quantitative estimate of drug-likeness (QED) is 0.885. The predicted molar refractivity (Wildman–Crippen MR) is 60.9 cm³/mol. The molecule has 1 saturated carbocycles. The molecule has 1 nitrogen and oxygen atoms in total. The van der Waals surface area contributed by atoms with Crippen molar-refractivity contribution >= 4 is 11.6 Å². The number of rotatable bonds is 3. The Kier molecular flexibility index (Phi) is 3.12. The van der Waals surface area contributed by atoms with E-state index < -0.39 is 11.7 Å². The Labute approximate surface area is 103 Å². The van der Waals surface area contributed by atoms with Crippen LogP contribution in [0.2, 0.25) is 5.02 Å². The van der Waals surface area contributed by atoms with E-state index in [-0.39, 0.29) is 10.4 Å². The lowest BCUT2D eigenvalue weighted by molar-refractivity contribution is -0.137. The first-order chi connectivity index (χ1) is 7.85. The fourth-order valence-corrected chi connectivity index (χ4v) is 2.24. The van der Waals surface area contributed by atoms with Crippen molar-refractivity contribution in [1.82, 2.24) is 0 Å². The molecule has 0 heterocycles. The number of nitrogens with two attached hydrogens (primary N) is 1. The van der Waals surface area contributed by atoms with Crippen LogP contribution in [0.5, 0.6) is 0 Å². The summed E-state index contributed by atoms with van der Waals surface area (Å²) in [5, 5.41) is 0.127. The van der Waals surface area contributed by atoms with Crippen LogP contribution >= 0.6 is 11.6 Å². The van der Waals surface area contributed by atoms with Crippen LogP contribution in [0.15, 0.2) is 18.2 Å². The summed E-state index contributed by atoms with van der Waals surface area (Å²) in [6.07, 6.45) is -1.80. The van der Waals surface area contributed by atoms with Gasteiger partial charge in [-0.1, -0.05) is 11.6 Å². The van der Waals surface area contributed by atoms with Gasteiger partial charge in [0.1, 0.15) is 0 Å². The third-order valence-corrected chi connectivity index (χ3v) is 3.47. The zero-order valence-electron chi connectivity index (χ0n) is 9.15. The van der Waals surface area contributed by atoms with Gasteiger partial charge in [0.15, 0.2) is 0 Å². The Balaban J connectivity index is 2.26. The smallest absolute Gasteiger partial charge is 0.330 e. The van der Waals surface area contributed by atoms with E-state index in [1.807, 2.05) is 0 Å². The van der Waals surface area contributed by atoms with Gasteiger partial charge in [-0.2, -0.15) is 13.2 Å². The molecule has 0 aliphatic heterocycles. The zero-order chi connectivity index (χ0) is 12.7. The molecule has 0 unspecified atom stereocenters. The molecule has 1 aromatic rings. The summed E-state index contributed by atoms with van der Waals surface area (Å²) in [5.41, 5.74) is 5.56. The summed E-state index contributed by atoms with van der Waals surface area (Å²) >= 11 is 5.72. The topological polar surface area (TPSA) is 26.0 Å². The third kappa shape index (κ3) is 2.93. The average molecular weight is 264 g/mol. The van der Waals surface area contributed by atoms with Crippen LogP contribution in [0.3, 0.4) is 0 Å². The Morgan fingerprint density at radius 3 is 2.35 bits per heavy atom. The van der Waals surface area contributed by atoms with Crippen LogP contribution in [-0.2, 0) is 12.6 Å². The Morgan fingerprint density at radius 2 is 1.88 bits per heavy atom. The molecule has 1 aliphatic carbocycles. The lowest BCUT2D eigenvalue weighted by Crippen LogP contribution is -2.18. The highest BCUT2D eigenvalue weighted by Crippen LogP contribution is 2.47. The average Bonchev–Trinajstić information content (AvgIpc) is 2.96. The molecule has 1 aliphatic rings. The van der Waals surface area contributed by atoms with Gasteiger partial charge in [0, 0.05) is 5.02 Å². The molecule has 2 rings (SSSR count). The van der Waals surface area contributed by atoms with Crippen LogP contribution in [0.25, 0.3) is 0 Å². The van der Waals surface area contributed by atoms with Crippen LogP contribution < -0.4 is 5.73 Å². The van der Waals surface area contributed by atoms with Crippen molar-refractivity contribution in [2.75, 3.05) is 6.54 Å². The van der Waals surface area contributed by atoms with E-state index in [4.69, 9.17) is 17.3 Å². The van der Waals surface area contributed by atoms with Gasteiger partial charge in [0.25, 0.3) is 0 Å². The molecule has 0 aromatic heterocycles. The van der Waals surface area contributed by atoms with Gasteiger partial charge in [-0.15, -0.1) is 0 Å². The van der Waals surface area contributed by atoms with Crippen LogP contribution in [0.4, 0.5) is 13.2 Å². The number of alkyl halides is 3. The standard InChI is InChI=1S/C12H13ClF3N/c13-10-4-8(6-11(7-17)1-2-11)3-9(5-10)12(14,15)16/h3-5H,1-2,6-7,17H2. The first-order valence-electron chi connectivity index (χ1n) is 5.41. The summed E-state index contributed by atoms with van der Waals surface area (Å²) in [6.45, 7) is 0.515. The molecule has 1 fully saturated rings. The van der Waals surface area contributed by atoms with Crippen molar-refractivity contribution in [3.8, 4) is 0 Å². The molecule has 0 bridgehead atoms. The minimum atomic E-state index is -4.35.